The summed E-state index contributed by atoms with van der Waals surface area (Å²) in [5.74, 6) is 0.924. The molecule has 1 aromatic carbocycles. The van der Waals surface area contributed by atoms with Crippen molar-refractivity contribution in [1.82, 2.24) is 24.7 Å². The summed E-state index contributed by atoms with van der Waals surface area (Å²) in [6.45, 7) is 5.94. The van der Waals surface area contributed by atoms with Crippen LogP contribution in [0.5, 0.6) is 0 Å². The molecule has 30 heavy (non-hydrogen) atoms. The lowest BCUT2D eigenvalue weighted by atomic mass is 10.3. The average Bonchev–Trinajstić information content (AvgIpc) is 2.67. The molecule has 0 aliphatic rings. The van der Waals surface area contributed by atoms with Gasteiger partial charge in [0, 0.05) is 18.3 Å². The van der Waals surface area contributed by atoms with Crippen LogP contribution < -0.4 is 15.4 Å². The smallest absolute Gasteiger partial charge is 0.240 e. The number of pyridine rings is 1. The third-order valence-corrected chi connectivity index (χ3v) is 5.49. The van der Waals surface area contributed by atoms with Crippen molar-refractivity contribution < 1.29 is 8.42 Å². The van der Waals surface area contributed by atoms with Crippen molar-refractivity contribution in [2.75, 3.05) is 17.2 Å². The van der Waals surface area contributed by atoms with Gasteiger partial charge < -0.3 is 10.6 Å². The van der Waals surface area contributed by atoms with E-state index in [9.17, 15) is 8.42 Å². The first kappa shape index (κ1) is 21.9. The third-order valence-electron chi connectivity index (χ3n) is 3.73. The van der Waals surface area contributed by atoms with Gasteiger partial charge in [0.15, 0.2) is 5.82 Å². The van der Waals surface area contributed by atoms with Crippen molar-refractivity contribution in [2.45, 2.75) is 31.7 Å². The molecule has 0 spiro atoms. The zero-order valence-corrected chi connectivity index (χ0v) is 18.3. The molecule has 0 fully saturated rings. The van der Waals surface area contributed by atoms with E-state index in [2.05, 4.69) is 35.3 Å². The van der Waals surface area contributed by atoms with E-state index in [1.807, 2.05) is 13.8 Å². The maximum absolute atomic E-state index is 12.3. The normalized spacial score (nSPS) is 11.5. The number of nitrogens with zero attached hydrogens (tertiary/aromatic N) is 4. The number of anilines is 3. The first-order valence-electron chi connectivity index (χ1n) is 9.29. The van der Waals surface area contributed by atoms with Gasteiger partial charge >= 0.3 is 0 Å². The highest BCUT2D eigenvalue weighted by Crippen LogP contribution is 2.22. The van der Waals surface area contributed by atoms with Crippen LogP contribution in [0.25, 0.3) is 11.5 Å². The van der Waals surface area contributed by atoms with Crippen molar-refractivity contribution in [2.24, 2.45) is 0 Å². The molecule has 0 radical (unpaired) electrons. The first-order chi connectivity index (χ1) is 14.3. The van der Waals surface area contributed by atoms with Gasteiger partial charge in [-0.15, -0.1) is 0 Å². The van der Waals surface area contributed by atoms with Crippen LogP contribution >= 0.6 is 11.6 Å². The van der Waals surface area contributed by atoms with Gasteiger partial charge in [-0.2, -0.15) is 15.0 Å². The van der Waals surface area contributed by atoms with E-state index in [4.69, 9.17) is 11.6 Å². The Labute approximate surface area is 180 Å². The fourth-order valence-corrected chi connectivity index (χ4v) is 3.80. The Morgan fingerprint density at radius 3 is 2.43 bits per heavy atom. The molecule has 0 atom stereocenters. The highest BCUT2D eigenvalue weighted by atomic mass is 35.5. The lowest BCUT2D eigenvalue weighted by Gasteiger charge is -2.12. The second kappa shape index (κ2) is 9.33. The van der Waals surface area contributed by atoms with Gasteiger partial charge in [-0.1, -0.05) is 30.7 Å². The van der Waals surface area contributed by atoms with Gasteiger partial charge in [0.2, 0.25) is 21.9 Å². The van der Waals surface area contributed by atoms with Crippen LogP contribution in [0.15, 0.2) is 47.4 Å². The second-order valence-electron chi connectivity index (χ2n) is 6.60. The van der Waals surface area contributed by atoms with E-state index in [0.29, 0.717) is 34.9 Å². The van der Waals surface area contributed by atoms with Crippen LogP contribution in [0.4, 0.5) is 17.6 Å². The molecular weight excluding hydrogens is 426 g/mol. The van der Waals surface area contributed by atoms with Crippen LogP contribution in [0.1, 0.15) is 20.8 Å². The SMILES string of the molecule is CCNS(=O)(=O)c1cccc(Nc2nc(NC(C)C)nc(-c3cccc(Cl)n3)n2)c1. The van der Waals surface area contributed by atoms with Gasteiger partial charge in [0.25, 0.3) is 0 Å². The lowest BCUT2D eigenvalue weighted by Crippen LogP contribution is -2.23. The van der Waals surface area contributed by atoms with E-state index in [1.165, 1.54) is 12.1 Å². The summed E-state index contributed by atoms with van der Waals surface area (Å²) in [5.41, 5.74) is 1.00. The second-order valence-corrected chi connectivity index (χ2v) is 8.76. The maximum atomic E-state index is 12.3. The minimum Gasteiger partial charge on any atom is -0.352 e. The largest absolute Gasteiger partial charge is 0.352 e. The number of halogens is 1. The molecule has 2 aromatic heterocycles. The van der Waals surface area contributed by atoms with Gasteiger partial charge in [-0.3, -0.25) is 0 Å². The molecule has 11 heteroatoms. The van der Waals surface area contributed by atoms with Gasteiger partial charge in [0.05, 0.1) is 4.90 Å². The molecule has 158 valence electrons. The van der Waals surface area contributed by atoms with Crippen molar-refractivity contribution in [3.8, 4) is 11.5 Å². The monoisotopic (exact) mass is 447 g/mol. The Bertz CT molecular complexity index is 1140. The molecule has 0 amide bonds. The zero-order valence-electron chi connectivity index (χ0n) is 16.7. The van der Waals surface area contributed by atoms with E-state index in [0.717, 1.165) is 0 Å². The molecule has 0 bridgehead atoms. The van der Waals surface area contributed by atoms with Crippen LogP contribution in [0, 0.1) is 0 Å². The maximum Gasteiger partial charge on any atom is 0.240 e. The Morgan fingerprint density at radius 1 is 1.00 bits per heavy atom. The summed E-state index contributed by atoms with van der Waals surface area (Å²) in [6.07, 6.45) is 0. The molecule has 0 saturated carbocycles. The standard InChI is InChI=1S/C19H22ClN7O2S/c1-4-21-30(28,29)14-8-5-7-13(11-14)23-19-26-17(15-9-6-10-16(20)24-15)25-18(27-19)22-12(2)3/h5-12,21H,4H2,1-3H3,(H2,22,23,25,26,27). The molecule has 0 unspecified atom stereocenters. The molecular formula is C19H22ClN7O2S. The number of hydrogen-bond donors (Lipinski definition) is 3. The van der Waals surface area contributed by atoms with Crippen molar-refractivity contribution >= 4 is 39.2 Å². The summed E-state index contributed by atoms with van der Waals surface area (Å²) in [7, 11) is -3.59. The minimum absolute atomic E-state index is 0.0917. The molecule has 0 aliphatic carbocycles. The van der Waals surface area contributed by atoms with Crippen LogP contribution in [0.3, 0.4) is 0 Å². The molecule has 3 N–H and O–H groups in total. The number of hydrogen-bond acceptors (Lipinski definition) is 8. The van der Waals surface area contributed by atoms with Crippen LogP contribution in [0.2, 0.25) is 5.15 Å². The Hall–Kier alpha value is -2.82. The topological polar surface area (TPSA) is 122 Å². The Kier molecular flexibility index (Phi) is 6.80. The lowest BCUT2D eigenvalue weighted by molar-refractivity contribution is 0.584. The van der Waals surface area contributed by atoms with Crippen LogP contribution in [-0.2, 0) is 10.0 Å². The van der Waals surface area contributed by atoms with Crippen molar-refractivity contribution in [3.63, 3.8) is 0 Å². The highest BCUT2D eigenvalue weighted by Gasteiger charge is 2.15. The van der Waals surface area contributed by atoms with Crippen molar-refractivity contribution in [3.05, 3.63) is 47.6 Å². The first-order valence-corrected chi connectivity index (χ1v) is 11.1. The Balaban J connectivity index is 1.98. The van der Waals surface area contributed by atoms with E-state index >= 15 is 0 Å². The number of benzene rings is 1. The quantitative estimate of drug-likeness (QED) is 0.449. The van der Waals surface area contributed by atoms with Crippen LogP contribution in [-0.4, -0.2) is 40.9 Å². The predicted octanol–water partition coefficient (Wildman–Crippen LogP) is 3.45. The van der Waals surface area contributed by atoms with Gasteiger partial charge in [-0.05, 0) is 44.2 Å². The number of sulfonamides is 1. The third kappa shape index (κ3) is 5.62. The fraction of sp³-hybridized carbons (Fsp3) is 0.263. The average molecular weight is 448 g/mol. The predicted molar refractivity (Wildman–Crippen MR) is 117 cm³/mol. The molecule has 3 rings (SSSR count). The summed E-state index contributed by atoms with van der Waals surface area (Å²) in [4.78, 5) is 17.6. The molecule has 0 aliphatic heterocycles. The number of rotatable bonds is 8. The number of aromatic nitrogens is 4. The number of nitrogens with one attached hydrogen (secondary N) is 3. The minimum atomic E-state index is -3.59. The summed E-state index contributed by atoms with van der Waals surface area (Å²) in [5, 5.41) is 6.50. The highest BCUT2D eigenvalue weighted by molar-refractivity contribution is 7.89. The van der Waals surface area contributed by atoms with Gasteiger partial charge in [-0.25, -0.2) is 18.1 Å². The van der Waals surface area contributed by atoms with E-state index in [1.54, 1.807) is 37.3 Å². The summed E-state index contributed by atoms with van der Waals surface area (Å²) < 4.78 is 27.0. The molecule has 2 heterocycles. The zero-order chi connectivity index (χ0) is 21.7. The summed E-state index contributed by atoms with van der Waals surface area (Å²) >= 11 is 6.00. The molecule has 9 nitrogen and oxygen atoms in total. The fourth-order valence-electron chi connectivity index (χ4n) is 2.55. The molecule has 0 saturated heterocycles. The van der Waals surface area contributed by atoms with Crippen molar-refractivity contribution in [1.29, 1.82) is 0 Å². The summed E-state index contributed by atoms with van der Waals surface area (Å²) in [6, 6.07) is 11.6. The van der Waals surface area contributed by atoms with E-state index < -0.39 is 10.0 Å². The Morgan fingerprint density at radius 2 is 1.73 bits per heavy atom. The molecule has 3 aromatic rings. The van der Waals surface area contributed by atoms with Gasteiger partial charge in [0.1, 0.15) is 10.8 Å². The van der Waals surface area contributed by atoms with E-state index in [-0.39, 0.29) is 16.9 Å².